The second-order valence-electron chi connectivity index (χ2n) is 7.71. The van der Waals surface area contributed by atoms with E-state index in [0.29, 0.717) is 36.0 Å². The van der Waals surface area contributed by atoms with Gasteiger partial charge in [0.1, 0.15) is 23.1 Å². The number of anilines is 1. The molecule has 0 unspecified atom stereocenters. The van der Waals surface area contributed by atoms with Gasteiger partial charge in [-0.2, -0.15) is 4.98 Å². The minimum Gasteiger partial charge on any atom is -0.457 e. The van der Waals surface area contributed by atoms with Gasteiger partial charge < -0.3 is 19.7 Å². The molecule has 0 spiro atoms. The van der Waals surface area contributed by atoms with Crippen LogP contribution in [0.5, 0.6) is 23.1 Å². The lowest BCUT2D eigenvalue weighted by molar-refractivity contribution is -0.125. The monoisotopic (exact) mass is 459 g/mol. The summed E-state index contributed by atoms with van der Waals surface area (Å²) in [6, 6.07) is 20.1. The Labute approximate surface area is 200 Å². The molecule has 3 aromatic rings. The molecule has 1 N–H and O–H groups in total. The number of hydrogen-bond acceptors (Lipinski definition) is 6. The molecule has 1 amide bonds. The topological polar surface area (TPSA) is 80.8 Å². The van der Waals surface area contributed by atoms with Crippen LogP contribution in [0.2, 0.25) is 0 Å². The molecule has 1 saturated heterocycles. The summed E-state index contributed by atoms with van der Waals surface area (Å²) in [6.07, 6.45) is 2.12. The van der Waals surface area contributed by atoms with Crippen molar-refractivity contribution in [3.63, 3.8) is 0 Å². The molecule has 7 heteroatoms. The average molecular weight is 460 g/mol. The Kier molecular flexibility index (Phi) is 8.03. The van der Waals surface area contributed by atoms with Crippen molar-refractivity contribution in [1.29, 1.82) is 0 Å². The highest BCUT2D eigenvalue weighted by atomic mass is 16.5. The third kappa shape index (κ3) is 6.01. The highest BCUT2D eigenvalue weighted by Crippen LogP contribution is 2.29. The van der Waals surface area contributed by atoms with Gasteiger partial charge in [0.2, 0.25) is 11.8 Å². The van der Waals surface area contributed by atoms with E-state index in [1.807, 2.05) is 30.3 Å². The van der Waals surface area contributed by atoms with Crippen molar-refractivity contribution in [2.24, 2.45) is 0 Å². The molecule has 0 radical (unpaired) electrons. The number of carbonyl (C=O) groups is 2. The molecule has 1 fully saturated rings. The zero-order valence-corrected chi connectivity index (χ0v) is 18.4. The molecule has 4 rings (SSSR count). The molecule has 1 aliphatic heterocycles. The van der Waals surface area contributed by atoms with E-state index in [2.05, 4.69) is 16.9 Å². The molecule has 2 aromatic carbocycles. The van der Waals surface area contributed by atoms with Gasteiger partial charge in [0.15, 0.2) is 5.78 Å². The normalized spacial score (nSPS) is 14.6. The molecule has 176 valence electrons. The van der Waals surface area contributed by atoms with E-state index >= 15 is 0 Å². The first kappa shape index (κ1) is 24.5. The van der Waals surface area contributed by atoms with Gasteiger partial charge in [-0.05, 0) is 68.0 Å². The number of ether oxygens (including phenoxy) is 2. The molecule has 7 nitrogen and oxygen atoms in total. The molecule has 34 heavy (non-hydrogen) atoms. The highest BCUT2D eigenvalue weighted by molar-refractivity contribution is 5.96. The average Bonchev–Trinajstić information content (AvgIpc) is 3.29. The third-order valence-electron chi connectivity index (χ3n) is 5.28. The van der Waals surface area contributed by atoms with Crippen molar-refractivity contribution in [1.82, 2.24) is 9.88 Å². The van der Waals surface area contributed by atoms with Crippen LogP contribution in [0.25, 0.3) is 0 Å². The standard InChI is InChI=1S/C26H25N3O4.CH4/c1-3-25(31)29-16-15-19(17-29)27-24-14-13-23(18(2)30)26(28-24)33-22-11-9-21(10-12-22)32-20-7-5-4-6-8-20;/h3-14,19H,1,15-17H2,2H3,(H,27,28);1H4/t19-;/m1./s1. The Morgan fingerprint density at radius 1 is 1.00 bits per heavy atom. The van der Waals surface area contributed by atoms with Gasteiger partial charge in [-0.25, -0.2) is 0 Å². The predicted octanol–water partition coefficient (Wildman–Crippen LogP) is 5.70. The Morgan fingerprint density at radius 3 is 2.29 bits per heavy atom. The summed E-state index contributed by atoms with van der Waals surface area (Å²) >= 11 is 0. The van der Waals surface area contributed by atoms with Gasteiger partial charge in [0.25, 0.3) is 0 Å². The van der Waals surface area contributed by atoms with Gasteiger partial charge in [-0.15, -0.1) is 0 Å². The third-order valence-corrected chi connectivity index (χ3v) is 5.28. The molecule has 1 aromatic heterocycles. The minimum absolute atomic E-state index is 0. The summed E-state index contributed by atoms with van der Waals surface area (Å²) in [7, 11) is 0. The van der Waals surface area contributed by atoms with Crippen LogP contribution in [0.15, 0.2) is 79.4 Å². The van der Waals surface area contributed by atoms with E-state index in [1.54, 1.807) is 41.3 Å². The van der Waals surface area contributed by atoms with Crippen LogP contribution in [-0.4, -0.2) is 40.7 Å². The van der Waals surface area contributed by atoms with Crippen molar-refractivity contribution in [2.75, 3.05) is 18.4 Å². The number of pyridine rings is 1. The first-order chi connectivity index (χ1) is 16.0. The maximum atomic E-state index is 12.1. The van der Waals surface area contributed by atoms with Gasteiger partial charge in [0.05, 0.1) is 5.56 Å². The summed E-state index contributed by atoms with van der Waals surface area (Å²) in [5.74, 6) is 2.53. The van der Waals surface area contributed by atoms with Crippen molar-refractivity contribution in [3.8, 4) is 23.1 Å². The lowest BCUT2D eigenvalue weighted by Gasteiger charge is -2.17. The summed E-state index contributed by atoms with van der Waals surface area (Å²) in [6.45, 7) is 6.24. The number of amides is 1. The summed E-state index contributed by atoms with van der Waals surface area (Å²) in [5.41, 5.74) is 0.389. The lowest BCUT2D eigenvalue weighted by Crippen LogP contribution is -2.30. The number of likely N-dealkylation sites (tertiary alicyclic amines) is 1. The fraction of sp³-hybridized carbons (Fsp3) is 0.222. The predicted molar refractivity (Wildman–Crippen MR) is 133 cm³/mol. The van der Waals surface area contributed by atoms with Crippen molar-refractivity contribution in [3.05, 3.63) is 84.9 Å². The smallest absolute Gasteiger partial charge is 0.246 e. The number of ketones is 1. The Morgan fingerprint density at radius 2 is 1.65 bits per heavy atom. The zero-order valence-electron chi connectivity index (χ0n) is 18.4. The van der Waals surface area contributed by atoms with Crippen LogP contribution < -0.4 is 14.8 Å². The van der Waals surface area contributed by atoms with Crippen LogP contribution in [0.4, 0.5) is 5.82 Å². The van der Waals surface area contributed by atoms with E-state index in [1.165, 1.54) is 13.0 Å². The van der Waals surface area contributed by atoms with Gasteiger partial charge >= 0.3 is 0 Å². The number of hydrogen-bond donors (Lipinski definition) is 1. The summed E-state index contributed by atoms with van der Waals surface area (Å²) < 4.78 is 11.8. The zero-order chi connectivity index (χ0) is 23.2. The fourth-order valence-electron chi connectivity index (χ4n) is 3.60. The molecule has 2 heterocycles. The number of aromatic nitrogens is 1. The molecule has 1 aliphatic rings. The van der Waals surface area contributed by atoms with E-state index in [9.17, 15) is 9.59 Å². The Hall–Kier alpha value is -4.13. The van der Waals surface area contributed by atoms with E-state index in [0.717, 1.165) is 12.2 Å². The number of Topliss-reactive ketones (excluding diaryl/α,β-unsaturated/α-hetero) is 1. The molecule has 1 atom stereocenters. The minimum atomic E-state index is -0.142. The highest BCUT2D eigenvalue weighted by Gasteiger charge is 2.25. The number of para-hydroxylation sites is 1. The fourth-order valence-corrected chi connectivity index (χ4v) is 3.60. The molecule has 0 aliphatic carbocycles. The number of benzene rings is 2. The molecular weight excluding hydrogens is 430 g/mol. The Bertz CT molecular complexity index is 1150. The number of carbonyl (C=O) groups excluding carboxylic acids is 2. The quantitative estimate of drug-likeness (QED) is 0.344. The largest absolute Gasteiger partial charge is 0.457 e. The maximum Gasteiger partial charge on any atom is 0.246 e. The van der Waals surface area contributed by atoms with E-state index in [4.69, 9.17) is 9.47 Å². The van der Waals surface area contributed by atoms with Crippen molar-refractivity contribution >= 4 is 17.5 Å². The van der Waals surface area contributed by atoms with Gasteiger partial charge in [-0.1, -0.05) is 32.2 Å². The number of nitrogens with one attached hydrogen (secondary N) is 1. The Balaban J connectivity index is 0.00000324. The maximum absolute atomic E-state index is 12.1. The summed E-state index contributed by atoms with van der Waals surface area (Å²) in [4.78, 5) is 30.2. The van der Waals surface area contributed by atoms with Crippen LogP contribution in [0, 0.1) is 0 Å². The van der Waals surface area contributed by atoms with Crippen molar-refractivity contribution in [2.45, 2.75) is 26.8 Å². The summed E-state index contributed by atoms with van der Waals surface area (Å²) in [5, 5.41) is 3.33. The van der Waals surface area contributed by atoms with Crippen LogP contribution >= 0.6 is 0 Å². The number of nitrogens with zero attached hydrogens (tertiary/aromatic N) is 2. The van der Waals surface area contributed by atoms with Crippen LogP contribution in [-0.2, 0) is 4.79 Å². The second-order valence-corrected chi connectivity index (χ2v) is 7.71. The van der Waals surface area contributed by atoms with Gasteiger partial charge in [0, 0.05) is 19.1 Å². The molecule has 0 saturated carbocycles. The van der Waals surface area contributed by atoms with Gasteiger partial charge in [-0.3, -0.25) is 9.59 Å². The second kappa shape index (κ2) is 11.1. The lowest BCUT2D eigenvalue weighted by atomic mass is 10.2. The number of rotatable bonds is 8. The SMILES string of the molecule is C.C=CC(=O)N1CC[C@@H](Nc2ccc(C(C)=O)c(Oc3ccc(Oc4ccccc4)cc3)n2)C1. The van der Waals surface area contributed by atoms with Crippen LogP contribution in [0.1, 0.15) is 31.1 Å². The first-order valence-electron chi connectivity index (χ1n) is 10.7. The van der Waals surface area contributed by atoms with Crippen LogP contribution in [0.3, 0.4) is 0 Å². The first-order valence-corrected chi connectivity index (χ1v) is 10.7. The van der Waals surface area contributed by atoms with E-state index < -0.39 is 0 Å². The molecular formula is C27H29N3O4. The molecule has 0 bridgehead atoms. The van der Waals surface area contributed by atoms with Crippen molar-refractivity contribution < 1.29 is 19.1 Å². The van der Waals surface area contributed by atoms with E-state index in [-0.39, 0.29) is 31.0 Å².